The molecule has 0 aliphatic rings. The molecular formula is C19H16INO4. The number of hydrogen-bond acceptors (Lipinski definition) is 3. The summed E-state index contributed by atoms with van der Waals surface area (Å²) in [5, 5.41) is 19.6. The van der Waals surface area contributed by atoms with Gasteiger partial charge in [0.2, 0.25) is 5.43 Å². The second-order valence-corrected chi connectivity index (χ2v) is 7.02. The van der Waals surface area contributed by atoms with Crippen LogP contribution in [0.25, 0.3) is 10.9 Å². The van der Waals surface area contributed by atoms with Crippen LogP contribution in [0, 0.1) is 3.57 Å². The van der Waals surface area contributed by atoms with Gasteiger partial charge in [-0.25, -0.2) is 4.79 Å². The van der Waals surface area contributed by atoms with Gasteiger partial charge in [-0.3, -0.25) is 4.79 Å². The third kappa shape index (κ3) is 3.59. The van der Waals surface area contributed by atoms with Crippen molar-refractivity contribution in [3.05, 3.63) is 79.6 Å². The lowest BCUT2D eigenvalue weighted by molar-refractivity contribution is 0.0694. The number of nitrogens with zero attached hydrogens (tertiary/aromatic N) is 1. The van der Waals surface area contributed by atoms with Gasteiger partial charge in [-0.1, -0.05) is 30.3 Å². The van der Waals surface area contributed by atoms with E-state index in [0.717, 1.165) is 9.13 Å². The Kier molecular flexibility index (Phi) is 5.19. The van der Waals surface area contributed by atoms with Gasteiger partial charge in [-0.05, 0) is 52.8 Å². The standard InChI is InChI=1S/C19H16INO4/c20-13-6-7-17-15(9-13)18(23)16(19(24)25)10-21(17)14(11-22)8-12-4-2-1-3-5-12/h1-7,9-10,14,22H,8,11H2,(H,24,25). The second kappa shape index (κ2) is 7.37. The number of carbonyl (C=O) groups is 1. The Labute approximate surface area is 157 Å². The van der Waals surface area contributed by atoms with E-state index < -0.39 is 11.4 Å². The minimum absolute atomic E-state index is 0.169. The normalized spacial score (nSPS) is 12.2. The van der Waals surface area contributed by atoms with Gasteiger partial charge in [0.05, 0.1) is 18.2 Å². The molecular weight excluding hydrogens is 433 g/mol. The van der Waals surface area contributed by atoms with Gasteiger partial charge < -0.3 is 14.8 Å². The first-order chi connectivity index (χ1) is 12.0. The summed E-state index contributed by atoms with van der Waals surface area (Å²) < 4.78 is 2.54. The second-order valence-electron chi connectivity index (χ2n) is 5.77. The first-order valence-electron chi connectivity index (χ1n) is 7.73. The summed E-state index contributed by atoms with van der Waals surface area (Å²) >= 11 is 2.09. The summed E-state index contributed by atoms with van der Waals surface area (Å²) in [4.78, 5) is 24.0. The summed E-state index contributed by atoms with van der Waals surface area (Å²) in [7, 11) is 0. The van der Waals surface area contributed by atoms with Gasteiger partial charge >= 0.3 is 5.97 Å². The van der Waals surface area contributed by atoms with E-state index in [9.17, 15) is 19.8 Å². The van der Waals surface area contributed by atoms with Crippen molar-refractivity contribution >= 4 is 39.5 Å². The maximum atomic E-state index is 12.5. The zero-order chi connectivity index (χ0) is 18.0. The lowest BCUT2D eigenvalue weighted by Gasteiger charge is -2.22. The number of benzene rings is 2. The molecule has 2 aromatic carbocycles. The number of carboxylic acid groups (broad SMARTS) is 1. The van der Waals surface area contributed by atoms with Gasteiger partial charge in [0, 0.05) is 15.2 Å². The Morgan fingerprint density at radius 3 is 2.52 bits per heavy atom. The highest BCUT2D eigenvalue weighted by atomic mass is 127. The number of pyridine rings is 1. The number of fused-ring (bicyclic) bond motifs is 1. The third-order valence-corrected chi connectivity index (χ3v) is 4.81. The van der Waals surface area contributed by atoms with Crippen LogP contribution in [0.15, 0.2) is 59.5 Å². The number of halogens is 1. The molecule has 3 aromatic rings. The fourth-order valence-electron chi connectivity index (χ4n) is 2.92. The number of aromatic nitrogens is 1. The number of aliphatic hydroxyl groups excluding tert-OH is 1. The fourth-order valence-corrected chi connectivity index (χ4v) is 3.41. The largest absolute Gasteiger partial charge is 0.477 e. The minimum atomic E-state index is -1.27. The lowest BCUT2D eigenvalue weighted by Crippen LogP contribution is -2.24. The molecule has 0 aliphatic heterocycles. The van der Waals surface area contributed by atoms with Crippen molar-refractivity contribution in [2.45, 2.75) is 12.5 Å². The summed E-state index contributed by atoms with van der Waals surface area (Å²) in [6, 6.07) is 14.6. The molecule has 0 bridgehead atoms. The molecule has 2 N–H and O–H groups in total. The highest BCUT2D eigenvalue weighted by molar-refractivity contribution is 14.1. The number of hydrogen-bond donors (Lipinski definition) is 2. The van der Waals surface area contributed by atoms with Crippen LogP contribution in [0.4, 0.5) is 0 Å². The molecule has 0 aliphatic carbocycles. The quantitative estimate of drug-likeness (QED) is 0.587. The Balaban J connectivity index is 2.21. The predicted molar refractivity (Wildman–Crippen MR) is 104 cm³/mol. The maximum Gasteiger partial charge on any atom is 0.341 e. The predicted octanol–water partition coefficient (Wildman–Crippen LogP) is 3.08. The zero-order valence-corrected chi connectivity index (χ0v) is 15.4. The van der Waals surface area contributed by atoms with Gasteiger partial charge in [-0.2, -0.15) is 0 Å². The van der Waals surface area contributed by atoms with Crippen LogP contribution in [0.2, 0.25) is 0 Å². The van der Waals surface area contributed by atoms with Crippen molar-refractivity contribution in [2.24, 2.45) is 0 Å². The van der Waals surface area contributed by atoms with E-state index in [4.69, 9.17) is 0 Å². The summed E-state index contributed by atoms with van der Waals surface area (Å²) in [5.41, 5.74) is 0.843. The Morgan fingerprint density at radius 2 is 1.88 bits per heavy atom. The smallest absolute Gasteiger partial charge is 0.341 e. The maximum absolute atomic E-state index is 12.5. The molecule has 0 saturated carbocycles. The van der Waals surface area contributed by atoms with Crippen LogP contribution in [0.3, 0.4) is 0 Å². The molecule has 0 radical (unpaired) electrons. The SMILES string of the molecule is O=C(O)c1cn(C(CO)Cc2ccccc2)c2ccc(I)cc2c1=O. The first kappa shape index (κ1) is 17.6. The highest BCUT2D eigenvalue weighted by Crippen LogP contribution is 2.22. The minimum Gasteiger partial charge on any atom is -0.477 e. The lowest BCUT2D eigenvalue weighted by atomic mass is 10.0. The van der Waals surface area contributed by atoms with Crippen LogP contribution in [0.1, 0.15) is 22.0 Å². The molecule has 0 fully saturated rings. The molecule has 6 heteroatoms. The number of carboxylic acids is 1. The molecule has 1 atom stereocenters. The van der Waals surface area contributed by atoms with Crippen LogP contribution in [0.5, 0.6) is 0 Å². The van der Waals surface area contributed by atoms with E-state index >= 15 is 0 Å². The molecule has 0 spiro atoms. The molecule has 1 heterocycles. The van der Waals surface area contributed by atoms with Crippen molar-refractivity contribution in [1.82, 2.24) is 4.57 Å². The number of aromatic carboxylic acids is 1. The van der Waals surface area contributed by atoms with Crippen LogP contribution in [-0.4, -0.2) is 27.4 Å². The summed E-state index contributed by atoms with van der Waals surface area (Å²) in [6.07, 6.45) is 1.87. The van der Waals surface area contributed by atoms with Crippen molar-refractivity contribution in [2.75, 3.05) is 6.61 Å². The van der Waals surface area contributed by atoms with Crippen LogP contribution < -0.4 is 5.43 Å². The monoisotopic (exact) mass is 449 g/mol. The van der Waals surface area contributed by atoms with Crippen molar-refractivity contribution in [3.63, 3.8) is 0 Å². The summed E-state index contributed by atoms with van der Waals surface area (Å²) in [6.45, 7) is -0.169. The van der Waals surface area contributed by atoms with Gasteiger partial charge in [0.1, 0.15) is 5.56 Å². The van der Waals surface area contributed by atoms with Gasteiger partial charge in [0.25, 0.3) is 0 Å². The average molecular weight is 449 g/mol. The molecule has 1 aromatic heterocycles. The molecule has 0 amide bonds. The molecule has 1 unspecified atom stereocenters. The van der Waals surface area contributed by atoms with Gasteiger partial charge in [-0.15, -0.1) is 0 Å². The Bertz CT molecular complexity index is 982. The van der Waals surface area contributed by atoms with E-state index in [2.05, 4.69) is 22.6 Å². The number of rotatable bonds is 5. The molecule has 0 saturated heterocycles. The van der Waals surface area contributed by atoms with E-state index in [-0.39, 0.29) is 18.2 Å². The first-order valence-corrected chi connectivity index (χ1v) is 8.81. The molecule has 5 nitrogen and oxygen atoms in total. The third-order valence-electron chi connectivity index (χ3n) is 4.14. The highest BCUT2D eigenvalue weighted by Gasteiger charge is 2.19. The summed E-state index contributed by atoms with van der Waals surface area (Å²) in [5.74, 6) is -1.27. The molecule has 25 heavy (non-hydrogen) atoms. The molecule has 3 rings (SSSR count). The Morgan fingerprint density at radius 1 is 1.16 bits per heavy atom. The number of aliphatic hydroxyl groups is 1. The van der Waals surface area contributed by atoms with E-state index in [1.165, 1.54) is 6.20 Å². The van der Waals surface area contributed by atoms with Crippen LogP contribution >= 0.6 is 22.6 Å². The fraction of sp³-hybridized carbons (Fsp3) is 0.158. The van der Waals surface area contributed by atoms with Gasteiger partial charge in [0.15, 0.2) is 0 Å². The van der Waals surface area contributed by atoms with Crippen LogP contribution in [-0.2, 0) is 6.42 Å². The average Bonchev–Trinajstić information content (AvgIpc) is 2.61. The molecule has 128 valence electrons. The van der Waals surface area contributed by atoms with Crippen molar-refractivity contribution in [1.29, 1.82) is 0 Å². The van der Waals surface area contributed by atoms with E-state index in [1.807, 2.05) is 36.4 Å². The van der Waals surface area contributed by atoms with Crippen molar-refractivity contribution in [3.8, 4) is 0 Å². The zero-order valence-electron chi connectivity index (χ0n) is 13.2. The topological polar surface area (TPSA) is 79.5 Å². The van der Waals surface area contributed by atoms with E-state index in [1.54, 1.807) is 16.7 Å². The van der Waals surface area contributed by atoms with Crippen molar-refractivity contribution < 1.29 is 15.0 Å². The Hall–Kier alpha value is -2.19. The van der Waals surface area contributed by atoms with E-state index in [0.29, 0.717) is 17.3 Å².